The van der Waals surface area contributed by atoms with Gasteiger partial charge in [-0.2, -0.15) is 16.5 Å². The molecule has 0 aliphatic rings. The molecule has 5 nitrogen and oxygen atoms in total. The summed E-state index contributed by atoms with van der Waals surface area (Å²) in [7, 11) is -3.74. The number of aryl methyl sites for hydroxylation is 1. The lowest BCUT2D eigenvalue weighted by Gasteiger charge is -2.13. The van der Waals surface area contributed by atoms with Crippen LogP contribution >= 0.6 is 23.1 Å². The SMILES string of the molecule is CSCC[C@@H](NS(=O)(=O)c1ccc(C)s1)C(=O)O. The van der Waals surface area contributed by atoms with Crippen molar-refractivity contribution >= 4 is 39.1 Å². The van der Waals surface area contributed by atoms with Gasteiger partial charge in [0, 0.05) is 4.88 Å². The molecule has 2 N–H and O–H groups in total. The van der Waals surface area contributed by atoms with Gasteiger partial charge in [0.05, 0.1) is 0 Å². The van der Waals surface area contributed by atoms with Crippen molar-refractivity contribution in [2.24, 2.45) is 0 Å². The van der Waals surface area contributed by atoms with Crippen LogP contribution in [0.25, 0.3) is 0 Å². The summed E-state index contributed by atoms with van der Waals surface area (Å²) < 4.78 is 26.3. The number of rotatable bonds is 7. The summed E-state index contributed by atoms with van der Waals surface area (Å²) in [4.78, 5) is 11.9. The average Bonchev–Trinajstić information content (AvgIpc) is 2.71. The summed E-state index contributed by atoms with van der Waals surface area (Å²) >= 11 is 2.60. The molecular weight excluding hydrogens is 294 g/mol. The summed E-state index contributed by atoms with van der Waals surface area (Å²) in [5, 5.41) is 8.98. The van der Waals surface area contributed by atoms with Crippen molar-refractivity contribution in [3.63, 3.8) is 0 Å². The molecule has 8 heteroatoms. The van der Waals surface area contributed by atoms with Gasteiger partial charge in [0.15, 0.2) is 0 Å². The molecule has 1 aromatic rings. The molecule has 102 valence electrons. The van der Waals surface area contributed by atoms with Gasteiger partial charge in [-0.1, -0.05) is 0 Å². The number of carboxylic acid groups (broad SMARTS) is 1. The number of hydrogen-bond donors (Lipinski definition) is 2. The van der Waals surface area contributed by atoms with E-state index in [1.807, 2.05) is 6.26 Å². The number of hydrogen-bond acceptors (Lipinski definition) is 5. The Kier molecular flexibility index (Phi) is 5.64. The normalized spacial score (nSPS) is 13.4. The van der Waals surface area contributed by atoms with Crippen molar-refractivity contribution in [3.05, 3.63) is 17.0 Å². The Morgan fingerprint density at radius 1 is 1.56 bits per heavy atom. The van der Waals surface area contributed by atoms with Crippen LogP contribution < -0.4 is 4.72 Å². The van der Waals surface area contributed by atoms with Gasteiger partial charge in [-0.05, 0) is 37.5 Å². The molecule has 0 aliphatic carbocycles. The second kappa shape index (κ2) is 6.55. The van der Waals surface area contributed by atoms with Gasteiger partial charge in [0.2, 0.25) is 0 Å². The summed E-state index contributed by atoms with van der Waals surface area (Å²) in [6.45, 7) is 1.80. The van der Waals surface area contributed by atoms with E-state index in [-0.39, 0.29) is 10.6 Å². The van der Waals surface area contributed by atoms with Crippen molar-refractivity contribution in [1.29, 1.82) is 0 Å². The molecule has 0 aromatic carbocycles. The van der Waals surface area contributed by atoms with E-state index in [1.54, 1.807) is 13.0 Å². The van der Waals surface area contributed by atoms with Crippen LogP contribution in [0.5, 0.6) is 0 Å². The third-order valence-electron chi connectivity index (χ3n) is 2.19. The van der Waals surface area contributed by atoms with Crippen LogP contribution in [0.2, 0.25) is 0 Å². The zero-order chi connectivity index (χ0) is 13.8. The highest BCUT2D eigenvalue weighted by Crippen LogP contribution is 2.21. The van der Waals surface area contributed by atoms with Crippen LogP contribution in [0, 0.1) is 6.92 Å². The monoisotopic (exact) mass is 309 g/mol. The molecular formula is C10H15NO4S3. The molecule has 0 saturated carbocycles. The van der Waals surface area contributed by atoms with E-state index in [0.29, 0.717) is 5.75 Å². The Balaban J connectivity index is 2.82. The van der Waals surface area contributed by atoms with Crippen LogP contribution in [0.3, 0.4) is 0 Å². The summed E-state index contributed by atoms with van der Waals surface area (Å²) in [6.07, 6.45) is 2.11. The highest BCUT2D eigenvalue weighted by molar-refractivity contribution is 7.98. The zero-order valence-corrected chi connectivity index (χ0v) is 12.5. The molecule has 0 unspecified atom stereocenters. The first kappa shape index (κ1) is 15.5. The second-order valence-corrected chi connectivity index (χ2v) is 7.87. The molecule has 0 aliphatic heterocycles. The second-order valence-electron chi connectivity index (χ2n) is 3.66. The van der Waals surface area contributed by atoms with Crippen LogP contribution in [0.4, 0.5) is 0 Å². The van der Waals surface area contributed by atoms with Crippen molar-refractivity contribution in [3.8, 4) is 0 Å². The molecule has 1 rings (SSSR count). The van der Waals surface area contributed by atoms with Crippen LogP contribution in [-0.4, -0.2) is 37.5 Å². The lowest BCUT2D eigenvalue weighted by molar-refractivity contribution is -0.139. The zero-order valence-electron chi connectivity index (χ0n) is 10.0. The number of thioether (sulfide) groups is 1. The minimum Gasteiger partial charge on any atom is -0.480 e. The average molecular weight is 309 g/mol. The van der Waals surface area contributed by atoms with Gasteiger partial charge in [-0.25, -0.2) is 8.42 Å². The van der Waals surface area contributed by atoms with Crippen LogP contribution in [0.1, 0.15) is 11.3 Å². The Morgan fingerprint density at radius 3 is 2.67 bits per heavy atom. The van der Waals surface area contributed by atoms with E-state index in [9.17, 15) is 13.2 Å². The molecule has 0 bridgehead atoms. The van der Waals surface area contributed by atoms with Crippen molar-refractivity contribution in [2.45, 2.75) is 23.6 Å². The van der Waals surface area contributed by atoms with Gasteiger partial charge in [-0.15, -0.1) is 11.3 Å². The maximum absolute atomic E-state index is 12.0. The quantitative estimate of drug-likeness (QED) is 0.798. The third-order valence-corrected chi connectivity index (χ3v) is 5.79. The van der Waals surface area contributed by atoms with Gasteiger partial charge >= 0.3 is 5.97 Å². The topological polar surface area (TPSA) is 83.5 Å². The van der Waals surface area contributed by atoms with E-state index in [0.717, 1.165) is 16.2 Å². The third kappa shape index (κ3) is 4.27. The minimum atomic E-state index is -3.74. The molecule has 0 saturated heterocycles. The molecule has 0 fully saturated rings. The molecule has 1 heterocycles. The Hall–Kier alpha value is -0.570. The molecule has 0 amide bonds. The highest BCUT2D eigenvalue weighted by atomic mass is 32.2. The fourth-order valence-corrected chi connectivity index (χ4v) is 4.27. The maximum atomic E-state index is 12.0. The first-order valence-corrected chi connectivity index (χ1v) is 8.86. The summed E-state index contributed by atoms with van der Waals surface area (Å²) in [6, 6.07) is 2.09. The van der Waals surface area contributed by atoms with Crippen LogP contribution in [0.15, 0.2) is 16.3 Å². The van der Waals surface area contributed by atoms with Crippen molar-refractivity contribution in [2.75, 3.05) is 12.0 Å². The smallest absolute Gasteiger partial charge is 0.321 e. The predicted molar refractivity (Wildman–Crippen MR) is 73.8 cm³/mol. The van der Waals surface area contributed by atoms with Gasteiger partial charge in [0.25, 0.3) is 10.0 Å². The standard InChI is InChI=1S/C10H15NO4S3/c1-7-3-4-9(17-7)18(14,15)11-8(10(12)13)5-6-16-2/h3-4,8,11H,5-6H2,1-2H3,(H,12,13)/t8-/m1/s1. The van der Waals surface area contributed by atoms with E-state index in [4.69, 9.17) is 5.11 Å². The number of carboxylic acids is 1. The molecule has 0 radical (unpaired) electrons. The van der Waals surface area contributed by atoms with E-state index in [2.05, 4.69) is 4.72 Å². The predicted octanol–water partition coefficient (Wildman–Crippen LogP) is 1.54. The number of thiophene rings is 1. The minimum absolute atomic E-state index is 0.149. The molecule has 0 spiro atoms. The lowest BCUT2D eigenvalue weighted by Crippen LogP contribution is -2.40. The van der Waals surface area contributed by atoms with E-state index < -0.39 is 22.0 Å². The number of carbonyl (C=O) groups is 1. The summed E-state index contributed by atoms with van der Waals surface area (Å²) in [5.74, 6) is -0.566. The summed E-state index contributed by atoms with van der Waals surface area (Å²) in [5.41, 5.74) is 0. The number of nitrogens with one attached hydrogen (secondary N) is 1. The fourth-order valence-electron chi connectivity index (χ4n) is 1.27. The van der Waals surface area contributed by atoms with Crippen molar-refractivity contribution in [1.82, 2.24) is 4.72 Å². The van der Waals surface area contributed by atoms with Crippen LogP contribution in [-0.2, 0) is 14.8 Å². The van der Waals surface area contributed by atoms with E-state index >= 15 is 0 Å². The maximum Gasteiger partial charge on any atom is 0.321 e. The fraction of sp³-hybridized carbons (Fsp3) is 0.500. The molecule has 1 atom stereocenters. The van der Waals surface area contributed by atoms with Gasteiger partial charge in [0.1, 0.15) is 10.3 Å². The van der Waals surface area contributed by atoms with Crippen molar-refractivity contribution < 1.29 is 18.3 Å². The Bertz CT molecular complexity index is 509. The first-order chi connectivity index (χ1) is 8.36. The lowest BCUT2D eigenvalue weighted by atomic mass is 10.2. The van der Waals surface area contributed by atoms with Gasteiger partial charge in [-0.3, -0.25) is 4.79 Å². The first-order valence-electron chi connectivity index (χ1n) is 5.17. The number of sulfonamides is 1. The molecule has 1 aromatic heterocycles. The van der Waals surface area contributed by atoms with E-state index in [1.165, 1.54) is 17.8 Å². The van der Waals surface area contributed by atoms with Gasteiger partial charge < -0.3 is 5.11 Å². The Labute approximate surface area is 115 Å². The largest absolute Gasteiger partial charge is 0.480 e. The highest BCUT2D eigenvalue weighted by Gasteiger charge is 2.25. The number of aliphatic carboxylic acids is 1. The molecule has 18 heavy (non-hydrogen) atoms. The Morgan fingerprint density at radius 2 is 2.22 bits per heavy atom.